The van der Waals surface area contributed by atoms with Crippen molar-refractivity contribution in [2.45, 2.75) is 6.42 Å². The Kier molecular flexibility index (Phi) is 2.48. The Morgan fingerprint density at radius 3 is 2.60 bits per heavy atom. The summed E-state index contributed by atoms with van der Waals surface area (Å²) in [4.78, 5) is 11.4. The van der Waals surface area contributed by atoms with E-state index in [0.29, 0.717) is 6.42 Å². The summed E-state index contributed by atoms with van der Waals surface area (Å²) >= 11 is 0. The van der Waals surface area contributed by atoms with Crippen molar-refractivity contribution in [3.8, 4) is 0 Å². The Morgan fingerprint density at radius 2 is 2.07 bits per heavy atom. The molecule has 4 nitrogen and oxygen atoms in total. The van der Waals surface area contributed by atoms with Gasteiger partial charge in [-0.15, -0.1) is 0 Å². The average Bonchev–Trinajstić information content (AvgIpc) is 2.41. The zero-order chi connectivity index (χ0) is 10.9. The molecule has 2 rings (SSSR count). The Labute approximate surface area is 88.8 Å². The molecule has 1 fully saturated rings. The van der Waals surface area contributed by atoms with Gasteiger partial charge < -0.3 is 0 Å². The summed E-state index contributed by atoms with van der Waals surface area (Å²) < 4.78 is 20.9. The molecular weight excluding hydrogens is 212 g/mol. The van der Waals surface area contributed by atoms with Crippen LogP contribution in [0.5, 0.6) is 0 Å². The van der Waals surface area contributed by atoms with Gasteiger partial charge in [0.15, 0.2) is 0 Å². The lowest BCUT2D eigenvalue weighted by Crippen LogP contribution is -2.22. The second-order valence-electron chi connectivity index (χ2n) is 3.69. The molecule has 1 aromatic carbocycles. The molecule has 0 saturated carbocycles. The third-order valence-corrected chi connectivity index (χ3v) is 3.80. The van der Waals surface area contributed by atoms with E-state index in [1.807, 2.05) is 30.3 Å². The van der Waals surface area contributed by atoms with Crippen molar-refractivity contribution in [1.29, 1.82) is 4.78 Å². The summed E-state index contributed by atoms with van der Waals surface area (Å²) in [6.07, 6.45) is 0.558. The minimum absolute atomic E-state index is 0.126. The molecule has 0 bridgehead atoms. The van der Waals surface area contributed by atoms with Gasteiger partial charge in [-0.1, -0.05) is 30.3 Å². The van der Waals surface area contributed by atoms with Crippen LogP contribution in [0.3, 0.4) is 0 Å². The van der Waals surface area contributed by atoms with Gasteiger partial charge in [-0.25, -0.2) is 8.99 Å². The second-order valence-corrected chi connectivity index (χ2v) is 5.58. The molecule has 2 atom stereocenters. The van der Waals surface area contributed by atoms with Crippen molar-refractivity contribution in [3.05, 3.63) is 35.9 Å². The maximum absolute atomic E-state index is 11.4. The molecule has 0 aliphatic carbocycles. The lowest BCUT2D eigenvalue weighted by atomic mass is 10.0. The Morgan fingerprint density at radius 1 is 1.40 bits per heavy atom. The summed E-state index contributed by atoms with van der Waals surface area (Å²) in [6.45, 7) is 0. The van der Waals surface area contributed by atoms with Crippen LogP contribution in [0, 0.1) is 10.7 Å². The van der Waals surface area contributed by atoms with Crippen LogP contribution in [0.25, 0.3) is 0 Å². The van der Waals surface area contributed by atoms with E-state index in [4.69, 9.17) is 4.78 Å². The maximum Gasteiger partial charge on any atom is 0.236 e. The zero-order valence-electron chi connectivity index (χ0n) is 8.10. The summed E-state index contributed by atoms with van der Waals surface area (Å²) in [5, 5.41) is 0. The molecule has 5 heteroatoms. The number of amides is 1. The number of carbonyl (C=O) groups excluding carboxylic acids is 1. The van der Waals surface area contributed by atoms with Crippen LogP contribution >= 0.6 is 0 Å². The number of rotatable bonds is 2. The van der Waals surface area contributed by atoms with E-state index >= 15 is 0 Å². The number of hydrogen-bond donors (Lipinski definition) is 2. The largest absolute Gasteiger partial charge is 0.274 e. The molecule has 0 aromatic heterocycles. The van der Waals surface area contributed by atoms with Crippen LogP contribution in [-0.4, -0.2) is 15.9 Å². The van der Waals surface area contributed by atoms with E-state index in [2.05, 4.69) is 4.72 Å². The third kappa shape index (κ3) is 2.36. The molecule has 80 valence electrons. The van der Waals surface area contributed by atoms with Gasteiger partial charge in [0.05, 0.1) is 11.7 Å². The maximum atomic E-state index is 11.4. The fourth-order valence-corrected chi connectivity index (χ4v) is 3.11. The van der Waals surface area contributed by atoms with Gasteiger partial charge in [0.2, 0.25) is 5.91 Å². The molecule has 1 aliphatic rings. The smallest absolute Gasteiger partial charge is 0.236 e. The standard InChI is InChI=1S/C10H12N2O2S/c11-15(14)7-9(10(13)12-15)6-8-4-2-1-3-5-8/h1-5,9H,6-7H2,(H2,11,12,13,14). The Hall–Kier alpha value is -1.36. The summed E-state index contributed by atoms with van der Waals surface area (Å²) in [5.41, 5.74) is 1.04. The highest BCUT2D eigenvalue weighted by molar-refractivity contribution is 7.91. The number of nitrogens with one attached hydrogen (secondary N) is 2. The van der Waals surface area contributed by atoms with Crippen LogP contribution in [0.4, 0.5) is 0 Å². The molecule has 2 N–H and O–H groups in total. The van der Waals surface area contributed by atoms with Crippen LogP contribution in [-0.2, 0) is 21.1 Å². The SMILES string of the molecule is N=S1(=O)CC(Cc2ccccc2)C(=O)N1. The van der Waals surface area contributed by atoms with Gasteiger partial charge in [0, 0.05) is 0 Å². The lowest BCUT2D eigenvalue weighted by molar-refractivity contribution is -0.121. The molecule has 0 spiro atoms. The normalized spacial score (nSPS) is 30.1. The van der Waals surface area contributed by atoms with Gasteiger partial charge >= 0.3 is 0 Å². The average molecular weight is 224 g/mol. The fraction of sp³-hybridized carbons (Fsp3) is 0.300. The minimum atomic E-state index is -2.86. The summed E-state index contributed by atoms with van der Waals surface area (Å²) in [7, 11) is -2.86. The van der Waals surface area contributed by atoms with Gasteiger partial charge in [-0.05, 0) is 12.0 Å². The molecule has 1 heterocycles. The molecule has 2 unspecified atom stereocenters. The van der Waals surface area contributed by atoms with E-state index in [0.717, 1.165) is 5.56 Å². The topological polar surface area (TPSA) is 70.0 Å². The number of carbonyl (C=O) groups is 1. The van der Waals surface area contributed by atoms with Crippen molar-refractivity contribution < 1.29 is 9.00 Å². The lowest BCUT2D eigenvalue weighted by Gasteiger charge is -2.04. The van der Waals surface area contributed by atoms with E-state index in [1.165, 1.54) is 0 Å². The molecular formula is C10H12N2O2S. The molecule has 1 saturated heterocycles. The molecule has 15 heavy (non-hydrogen) atoms. The first-order valence-electron chi connectivity index (χ1n) is 4.69. The highest BCUT2D eigenvalue weighted by Gasteiger charge is 2.32. The van der Waals surface area contributed by atoms with Gasteiger partial charge in [0.25, 0.3) is 0 Å². The van der Waals surface area contributed by atoms with E-state index in [9.17, 15) is 9.00 Å². The Bertz CT molecular complexity index is 467. The van der Waals surface area contributed by atoms with Crippen molar-refractivity contribution in [2.75, 3.05) is 5.75 Å². The fourth-order valence-electron chi connectivity index (χ4n) is 1.70. The number of hydrogen-bond acceptors (Lipinski definition) is 3. The van der Waals surface area contributed by atoms with E-state index in [1.54, 1.807) is 0 Å². The first-order chi connectivity index (χ1) is 7.07. The van der Waals surface area contributed by atoms with Crippen LogP contribution in [0.1, 0.15) is 5.56 Å². The molecule has 1 aromatic rings. The highest BCUT2D eigenvalue weighted by atomic mass is 32.2. The monoisotopic (exact) mass is 224 g/mol. The zero-order valence-corrected chi connectivity index (χ0v) is 8.92. The highest BCUT2D eigenvalue weighted by Crippen LogP contribution is 2.16. The minimum Gasteiger partial charge on any atom is -0.274 e. The summed E-state index contributed by atoms with van der Waals surface area (Å²) in [5.74, 6) is -0.461. The van der Waals surface area contributed by atoms with Crippen molar-refractivity contribution in [1.82, 2.24) is 4.72 Å². The molecule has 1 aliphatic heterocycles. The van der Waals surface area contributed by atoms with Crippen molar-refractivity contribution in [2.24, 2.45) is 5.92 Å². The van der Waals surface area contributed by atoms with Crippen LogP contribution in [0.15, 0.2) is 30.3 Å². The predicted octanol–water partition coefficient (Wildman–Crippen LogP) is 0.937. The predicted molar refractivity (Wildman–Crippen MR) is 57.5 cm³/mol. The van der Waals surface area contributed by atoms with E-state index < -0.39 is 9.92 Å². The molecule has 0 radical (unpaired) electrons. The van der Waals surface area contributed by atoms with Gasteiger partial charge in [-0.2, -0.15) is 0 Å². The van der Waals surface area contributed by atoms with Crippen molar-refractivity contribution >= 4 is 15.8 Å². The van der Waals surface area contributed by atoms with Gasteiger partial charge in [0.1, 0.15) is 9.92 Å². The first-order valence-corrected chi connectivity index (χ1v) is 6.41. The first kappa shape index (κ1) is 10.2. The quantitative estimate of drug-likeness (QED) is 0.784. The molecule has 1 amide bonds. The second kappa shape index (κ2) is 3.66. The summed E-state index contributed by atoms with van der Waals surface area (Å²) in [6, 6.07) is 9.57. The third-order valence-electron chi connectivity index (χ3n) is 2.40. The van der Waals surface area contributed by atoms with Crippen LogP contribution in [0.2, 0.25) is 0 Å². The van der Waals surface area contributed by atoms with Crippen LogP contribution < -0.4 is 4.72 Å². The van der Waals surface area contributed by atoms with Crippen molar-refractivity contribution in [3.63, 3.8) is 0 Å². The van der Waals surface area contributed by atoms with Gasteiger partial charge in [-0.3, -0.25) is 9.52 Å². The van der Waals surface area contributed by atoms with E-state index in [-0.39, 0.29) is 17.6 Å². The number of benzene rings is 1. The Balaban J connectivity index is 2.12.